The lowest BCUT2D eigenvalue weighted by Crippen LogP contribution is -2.45. The Labute approximate surface area is 109 Å². The van der Waals surface area contributed by atoms with Crippen LogP contribution >= 0.6 is 0 Å². The van der Waals surface area contributed by atoms with E-state index in [1.54, 1.807) is 30.3 Å². The van der Waals surface area contributed by atoms with Crippen molar-refractivity contribution < 1.29 is 30.8 Å². The van der Waals surface area contributed by atoms with Crippen LogP contribution in [-0.4, -0.2) is 28.2 Å². The Kier molecular flexibility index (Phi) is 5.45. The normalized spacial score (nSPS) is 13.0. The Hall–Kier alpha value is -0.993. The average Bonchev–Trinajstić information content (AvgIpc) is 2.28. The van der Waals surface area contributed by atoms with Crippen LogP contribution in [-0.2, 0) is 14.9 Å². The van der Waals surface area contributed by atoms with E-state index >= 15 is 0 Å². The van der Waals surface area contributed by atoms with Crippen molar-refractivity contribution in [1.29, 1.82) is 0 Å². The molecule has 1 rings (SSSR count). The molecule has 1 aromatic carbocycles. The van der Waals surface area contributed by atoms with Crippen LogP contribution in [0.25, 0.3) is 0 Å². The summed E-state index contributed by atoms with van der Waals surface area (Å²) in [4.78, 5) is 0. The summed E-state index contributed by atoms with van der Waals surface area (Å²) in [5.74, 6) is 0. The molecule has 0 heterocycles. The predicted molar refractivity (Wildman–Crippen MR) is 59.6 cm³/mol. The summed E-state index contributed by atoms with van der Waals surface area (Å²) in [7, 11) is -2.76. The lowest BCUT2D eigenvalue weighted by Gasteiger charge is -2.23. The van der Waals surface area contributed by atoms with Gasteiger partial charge >= 0.3 is 21.6 Å². The quantitative estimate of drug-likeness (QED) is 0.591. The number of halogens is 5. The van der Waals surface area contributed by atoms with E-state index in [1.807, 2.05) is 0 Å². The Bertz CT molecular complexity index is 382. The average molecular weight is 299 g/mol. The number of hydrogen-bond donors (Lipinski definition) is 0. The summed E-state index contributed by atoms with van der Waals surface area (Å²) in [6.07, 6.45) is -10.9. The molecule has 19 heavy (non-hydrogen) atoms. The van der Waals surface area contributed by atoms with E-state index in [-0.39, 0.29) is 12.7 Å². The summed E-state index contributed by atoms with van der Waals surface area (Å²) in [5, 5.41) is 0. The first kappa shape index (κ1) is 16.1. The molecule has 0 spiro atoms. The minimum atomic E-state index is -5.74. The van der Waals surface area contributed by atoms with Crippen molar-refractivity contribution in [2.75, 3.05) is 6.61 Å². The van der Waals surface area contributed by atoms with Gasteiger partial charge in [-0.05, 0) is 12.5 Å². The van der Waals surface area contributed by atoms with Crippen LogP contribution in [0.15, 0.2) is 30.3 Å². The van der Waals surface area contributed by atoms with E-state index in [4.69, 9.17) is 4.43 Å². The van der Waals surface area contributed by atoms with Crippen molar-refractivity contribution in [3.05, 3.63) is 35.9 Å². The molecular weight excluding hydrogens is 287 g/mol. The van der Waals surface area contributed by atoms with Gasteiger partial charge in [0.05, 0.1) is 0 Å². The number of alkyl halides is 5. The lowest BCUT2D eigenvalue weighted by molar-refractivity contribution is -0.366. The smallest absolute Gasteiger partial charge is 0.393 e. The van der Waals surface area contributed by atoms with Crippen LogP contribution in [0.2, 0.25) is 0 Å². The van der Waals surface area contributed by atoms with Gasteiger partial charge in [0.15, 0.2) is 0 Å². The van der Waals surface area contributed by atoms with Gasteiger partial charge in [-0.25, -0.2) is 0 Å². The van der Waals surface area contributed by atoms with Crippen LogP contribution in [0.5, 0.6) is 0 Å². The molecule has 0 saturated carbocycles. The zero-order valence-electron chi connectivity index (χ0n) is 10.0. The molecule has 0 aliphatic carbocycles. The van der Waals surface area contributed by atoms with Crippen LogP contribution in [0.4, 0.5) is 22.0 Å². The Morgan fingerprint density at radius 2 is 1.63 bits per heavy atom. The SMILES string of the molecule is CCO[Si](Cc1ccccc1)OC(F)(F)C(F)(F)F. The monoisotopic (exact) mass is 299 g/mol. The van der Waals surface area contributed by atoms with Crippen LogP contribution in [0.1, 0.15) is 12.5 Å². The van der Waals surface area contributed by atoms with E-state index in [1.165, 1.54) is 6.92 Å². The maximum Gasteiger partial charge on any atom is 0.481 e. The molecule has 0 unspecified atom stereocenters. The third kappa shape index (κ3) is 4.88. The van der Waals surface area contributed by atoms with E-state index in [0.29, 0.717) is 5.56 Å². The molecular formula is C11H12F5O2Si. The third-order valence-electron chi connectivity index (χ3n) is 2.07. The van der Waals surface area contributed by atoms with Crippen molar-refractivity contribution in [3.8, 4) is 0 Å². The van der Waals surface area contributed by atoms with E-state index in [2.05, 4.69) is 4.43 Å². The van der Waals surface area contributed by atoms with Crippen molar-refractivity contribution in [2.24, 2.45) is 0 Å². The lowest BCUT2D eigenvalue weighted by atomic mass is 10.2. The van der Waals surface area contributed by atoms with E-state index < -0.39 is 21.6 Å². The van der Waals surface area contributed by atoms with Gasteiger partial charge in [0.25, 0.3) is 0 Å². The van der Waals surface area contributed by atoms with Crippen LogP contribution < -0.4 is 0 Å². The molecule has 1 radical (unpaired) electrons. The van der Waals surface area contributed by atoms with Gasteiger partial charge < -0.3 is 8.85 Å². The third-order valence-corrected chi connectivity index (χ3v) is 3.86. The number of rotatable bonds is 6. The highest BCUT2D eigenvalue weighted by Gasteiger charge is 2.60. The standard InChI is InChI=1S/C11H12F5O2Si/c1-2-17-19(8-9-6-4-3-5-7-9)18-11(15,16)10(12,13)14/h3-7H,2,8H2,1H3. The molecule has 0 bridgehead atoms. The minimum absolute atomic E-state index is 0.00900. The fourth-order valence-electron chi connectivity index (χ4n) is 1.24. The van der Waals surface area contributed by atoms with Crippen molar-refractivity contribution >= 4 is 9.28 Å². The second-order valence-corrected chi connectivity index (χ2v) is 5.17. The Balaban J connectivity index is 2.73. The van der Waals surface area contributed by atoms with Gasteiger partial charge in [-0.1, -0.05) is 30.3 Å². The maximum absolute atomic E-state index is 12.8. The first-order valence-electron chi connectivity index (χ1n) is 5.42. The zero-order valence-corrected chi connectivity index (χ0v) is 11.0. The van der Waals surface area contributed by atoms with Crippen LogP contribution in [0, 0.1) is 0 Å². The van der Waals surface area contributed by atoms with Crippen LogP contribution in [0.3, 0.4) is 0 Å². The zero-order chi connectivity index (χ0) is 14.5. The van der Waals surface area contributed by atoms with E-state index in [9.17, 15) is 22.0 Å². The highest BCUT2D eigenvalue weighted by Crippen LogP contribution is 2.37. The first-order valence-corrected chi connectivity index (χ1v) is 6.94. The van der Waals surface area contributed by atoms with Gasteiger partial charge in [-0.2, -0.15) is 22.0 Å². The highest BCUT2D eigenvalue weighted by atomic mass is 28.3. The summed E-state index contributed by atoms with van der Waals surface area (Å²) < 4.78 is 70.5. The van der Waals surface area contributed by atoms with E-state index in [0.717, 1.165) is 0 Å². The fourth-order valence-corrected chi connectivity index (χ4v) is 2.77. The minimum Gasteiger partial charge on any atom is -0.393 e. The molecule has 0 saturated heterocycles. The molecule has 0 amide bonds. The molecule has 0 aliphatic heterocycles. The number of benzene rings is 1. The summed E-state index contributed by atoms with van der Waals surface area (Å²) in [6, 6.07) is 8.15. The molecule has 0 aromatic heterocycles. The van der Waals surface area contributed by atoms with Gasteiger partial charge in [-0.15, -0.1) is 0 Å². The molecule has 0 atom stereocenters. The van der Waals surface area contributed by atoms with Crippen molar-refractivity contribution in [1.82, 2.24) is 0 Å². The second-order valence-electron chi connectivity index (χ2n) is 3.58. The van der Waals surface area contributed by atoms with Gasteiger partial charge in [0, 0.05) is 12.7 Å². The topological polar surface area (TPSA) is 18.5 Å². The molecule has 0 aliphatic rings. The molecule has 8 heteroatoms. The van der Waals surface area contributed by atoms with Gasteiger partial charge in [0.1, 0.15) is 0 Å². The predicted octanol–water partition coefficient (Wildman–Crippen LogP) is 3.46. The maximum atomic E-state index is 12.8. The summed E-state index contributed by atoms with van der Waals surface area (Å²) in [5.41, 5.74) is 0.586. The second kappa shape index (κ2) is 6.44. The van der Waals surface area contributed by atoms with Crippen molar-refractivity contribution in [2.45, 2.75) is 25.3 Å². The molecule has 0 N–H and O–H groups in total. The molecule has 1 aromatic rings. The van der Waals surface area contributed by atoms with Crippen molar-refractivity contribution in [3.63, 3.8) is 0 Å². The fraction of sp³-hybridized carbons (Fsp3) is 0.455. The van der Waals surface area contributed by atoms with Gasteiger partial charge in [0.2, 0.25) is 0 Å². The first-order chi connectivity index (χ1) is 8.76. The molecule has 0 fully saturated rings. The number of hydrogen-bond acceptors (Lipinski definition) is 2. The molecule has 2 nitrogen and oxygen atoms in total. The summed E-state index contributed by atoms with van der Waals surface area (Å²) >= 11 is 0. The Morgan fingerprint density at radius 1 is 1.05 bits per heavy atom. The largest absolute Gasteiger partial charge is 0.481 e. The Morgan fingerprint density at radius 3 is 2.11 bits per heavy atom. The summed E-state index contributed by atoms with van der Waals surface area (Å²) in [6.45, 7) is 1.51. The highest BCUT2D eigenvalue weighted by molar-refractivity contribution is 6.44. The van der Waals surface area contributed by atoms with Gasteiger partial charge in [-0.3, -0.25) is 0 Å². The molecule has 107 valence electrons.